The summed E-state index contributed by atoms with van der Waals surface area (Å²) in [5.74, 6) is 0.848. The largest absolute Gasteiger partial charge is 0.604 e. The molecule has 26 heavy (non-hydrogen) atoms. The topological polar surface area (TPSA) is 56.8 Å². The molecule has 2 rings (SSSR count). The normalized spacial score (nSPS) is 11.3. The molecule has 0 aromatic heterocycles. The number of benzene rings is 2. The lowest BCUT2D eigenvalue weighted by Crippen LogP contribution is -2.18. The van der Waals surface area contributed by atoms with E-state index in [0.717, 1.165) is 12.8 Å². The summed E-state index contributed by atoms with van der Waals surface area (Å²) in [6, 6.07) is 17.7. The third-order valence-corrected chi connectivity index (χ3v) is 4.95. The maximum atomic E-state index is 13.0. The highest BCUT2D eigenvalue weighted by atomic mass is 31.2. The first-order valence-corrected chi connectivity index (χ1v) is 10.7. The van der Waals surface area contributed by atoms with Crippen LogP contribution in [0.1, 0.15) is 45.4 Å². The van der Waals surface area contributed by atoms with Crippen LogP contribution < -0.4 is 14.5 Å². The van der Waals surface area contributed by atoms with Gasteiger partial charge in [-0.1, -0.05) is 75.4 Å². The molecule has 2 aromatic rings. The maximum Gasteiger partial charge on any atom is 0.604 e. The lowest BCUT2D eigenvalue weighted by atomic mass is 10.1. The van der Waals surface area contributed by atoms with Crippen molar-refractivity contribution in [2.24, 2.45) is 0 Å². The van der Waals surface area contributed by atoms with Crippen molar-refractivity contribution in [2.45, 2.75) is 45.4 Å². The van der Waals surface area contributed by atoms with Crippen LogP contribution in [0.4, 0.5) is 0 Å². The predicted octanol–water partition coefficient (Wildman–Crippen LogP) is 6.13. The summed E-state index contributed by atoms with van der Waals surface area (Å²) >= 11 is 0. The van der Waals surface area contributed by atoms with E-state index in [1.54, 1.807) is 48.5 Å². The fourth-order valence-electron chi connectivity index (χ4n) is 2.38. The van der Waals surface area contributed by atoms with E-state index in [1.807, 2.05) is 12.1 Å². The first-order valence-electron chi connectivity index (χ1n) is 9.22. The van der Waals surface area contributed by atoms with E-state index in [9.17, 15) is 4.57 Å². The minimum absolute atomic E-state index is 0.424. The van der Waals surface area contributed by atoms with Crippen LogP contribution in [-0.2, 0) is 9.19 Å². The highest BCUT2D eigenvalue weighted by Crippen LogP contribution is 2.48. The van der Waals surface area contributed by atoms with Gasteiger partial charge in [-0.15, -0.1) is 0 Å². The van der Waals surface area contributed by atoms with Crippen molar-refractivity contribution in [3.05, 3.63) is 60.7 Å². The number of hydrogen-bond donors (Lipinski definition) is 1. The zero-order chi connectivity index (χ0) is 18.5. The number of nitrogens with one attached hydrogen (secondary N) is 1. The molecule has 0 saturated carbocycles. The van der Waals surface area contributed by atoms with Gasteiger partial charge in [-0.05, 0) is 30.7 Å². The predicted molar refractivity (Wildman–Crippen MR) is 104 cm³/mol. The van der Waals surface area contributed by atoms with E-state index >= 15 is 0 Å². The van der Waals surface area contributed by atoms with Crippen molar-refractivity contribution in [1.82, 2.24) is 5.48 Å². The first kappa shape index (κ1) is 20.5. The number of phosphoric ester groups is 1. The Bertz CT molecular complexity index is 606. The van der Waals surface area contributed by atoms with Gasteiger partial charge in [-0.2, -0.15) is 10.1 Å². The Morgan fingerprint density at radius 2 is 1.27 bits per heavy atom. The van der Waals surface area contributed by atoms with Crippen LogP contribution in [0, 0.1) is 0 Å². The van der Waals surface area contributed by atoms with Crippen LogP contribution in [0.5, 0.6) is 11.5 Å². The van der Waals surface area contributed by atoms with Gasteiger partial charge in [0.05, 0.1) is 0 Å². The Labute approximate surface area is 156 Å². The van der Waals surface area contributed by atoms with Crippen molar-refractivity contribution in [3.63, 3.8) is 0 Å². The average Bonchev–Trinajstić information content (AvgIpc) is 2.65. The molecule has 2 aromatic carbocycles. The van der Waals surface area contributed by atoms with E-state index in [4.69, 9.17) is 13.7 Å². The second-order valence-corrected chi connectivity index (χ2v) is 7.45. The Balaban J connectivity index is 1.85. The average molecular weight is 377 g/mol. The number of hydrogen-bond acceptors (Lipinski definition) is 5. The second kappa shape index (κ2) is 11.7. The quantitative estimate of drug-likeness (QED) is 0.258. The number of hydroxylamine groups is 1. The van der Waals surface area contributed by atoms with Gasteiger partial charge in [0.2, 0.25) is 0 Å². The molecule has 1 N–H and O–H groups in total. The number of rotatable bonds is 13. The van der Waals surface area contributed by atoms with Crippen molar-refractivity contribution in [1.29, 1.82) is 0 Å². The number of phosphoric acid groups is 1. The fraction of sp³-hybridized carbons (Fsp3) is 0.400. The Morgan fingerprint density at radius 3 is 1.81 bits per heavy atom. The molecule has 5 nitrogen and oxygen atoms in total. The third-order valence-electron chi connectivity index (χ3n) is 3.73. The zero-order valence-corrected chi connectivity index (χ0v) is 16.2. The van der Waals surface area contributed by atoms with Gasteiger partial charge in [-0.25, -0.2) is 4.57 Å². The smallest absolute Gasteiger partial charge is 0.394 e. The summed E-state index contributed by atoms with van der Waals surface area (Å²) in [6.07, 6.45) is 7.02. The molecular formula is C20H28NO4P. The minimum atomic E-state index is -3.84. The summed E-state index contributed by atoms with van der Waals surface area (Å²) in [4.78, 5) is 0. The summed E-state index contributed by atoms with van der Waals surface area (Å²) in [6.45, 7) is 2.79. The summed E-state index contributed by atoms with van der Waals surface area (Å²) in [7, 11) is -3.84. The van der Waals surface area contributed by atoms with E-state index in [2.05, 4.69) is 12.4 Å². The van der Waals surface area contributed by atoms with Crippen LogP contribution in [-0.4, -0.2) is 6.54 Å². The molecular weight excluding hydrogens is 349 g/mol. The summed E-state index contributed by atoms with van der Waals surface area (Å²) < 4.78 is 29.4. The Morgan fingerprint density at radius 1 is 0.769 bits per heavy atom. The fourth-order valence-corrected chi connectivity index (χ4v) is 3.50. The van der Waals surface area contributed by atoms with Crippen LogP contribution in [0.15, 0.2) is 60.7 Å². The van der Waals surface area contributed by atoms with Gasteiger partial charge in [-0.3, -0.25) is 0 Å². The first-order chi connectivity index (χ1) is 12.7. The van der Waals surface area contributed by atoms with E-state index in [1.165, 1.54) is 25.7 Å². The molecule has 0 aliphatic carbocycles. The summed E-state index contributed by atoms with van der Waals surface area (Å²) in [5, 5.41) is 0. The van der Waals surface area contributed by atoms with Crippen LogP contribution in [0.2, 0.25) is 0 Å². The highest BCUT2D eigenvalue weighted by molar-refractivity contribution is 7.49. The van der Waals surface area contributed by atoms with Gasteiger partial charge in [0.15, 0.2) is 0 Å². The van der Waals surface area contributed by atoms with Gasteiger partial charge in [0.1, 0.15) is 11.5 Å². The van der Waals surface area contributed by atoms with Crippen molar-refractivity contribution < 1.29 is 18.2 Å². The molecule has 0 aliphatic rings. The second-order valence-electron chi connectivity index (χ2n) is 6.01. The van der Waals surface area contributed by atoms with Crippen molar-refractivity contribution in [3.8, 4) is 11.5 Å². The molecule has 0 bridgehead atoms. The molecule has 6 heteroatoms. The van der Waals surface area contributed by atoms with Crippen LogP contribution >= 0.6 is 7.82 Å². The Hall–Kier alpha value is -1.81. The van der Waals surface area contributed by atoms with E-state index in [0.29, 0.717) is 18.0 Å². The molecule has 142 valence electrons. The van der Waals surface area contributed by atoms with Gasteiger partial charge < -0.3 is 9.05 Å². The van der Waals surface area contributed by atoms with E-state index < -0.39 is 7.82 Å². The SMILES string of the molecule is CCCCCCCCNOP(=O)(Oc1ccccc1)Oc1ccccc1. The number of para-hydroxylation sites is 2. The van der Waals surface area contributed by atoms with Crippen molar-refractivity contribution >= 4 is 7.82 Å². The molecule has 0 saturated heterocycles. The van der Waals surface area contributed by atoms with Gasteiger partial charge >= 0.3 is 7.82 Å². The molecule has 0 radical (unpaired) electrons. The monoisotopic (exact) mass is 377 g/mol. The molecule has 0 amide bonds. The zero-order valence-electron chi connectivity index (χ0n) is 15.3. The summed E-state index contributed by atoms with van der Waals surface area (Å²) in [5.41, 5.74) is 2.74. The molecule has 0 spiro atoms. The van der Waals surface area contributed by atoms with E-state index in [-0.39, 0.29) is 0 Å². The minimum Gasteiger partial charge on any atom is -0.394 e. The number of unbranched alkanes of at least 4 members (excludes halogenated alkanes) is 5. The standard InChI is InChI=1S/C20H28NO4P/c1-2-3-4-5-6-13-18-21-25-26(22,23-19-14-9-7-10-15-19)24-20-16-11-8-12-17-20/h7-12,14-17,21H,2-6,13,18H2,1H3. The molecule has 0 heterocycles. The third kappa shape index (κ3) is 8.05. The van der Waals surface area contributed by atoms with Gasteiger partial charge in [0, 0.05) is 6.54 Å². The molecule has 0 fully saturated rings. The van der Waals surface area contributed by atoms with Crippen LogP contribution in [0.25, 0.3) is 0 Å². The van der Waals surface area contributed by atoms with Crippen molar-refractivity contribution in [2.75, 3.05) is 6.54 Å². The lowest BCUT2D eigenvalue weighted by molar-refractivity contribution is 0.133. The maximum absolute atomic E-state index is 13.0. The molecule has 0 unspecified atom stereocenters. The Kier molecular flexibility index (Phi) is 9.26. The van der Waals surface area contributed by atoms with Crippen LogP contribution in [0.3, 0.4) is 0 Å². The lowest BCUT2D eigenvalue weighted by Gasteiger charge is -2.19. The highest BCUT2D eigenvalue weighted by Gasteiger charge is 2.31. The molecule has 0 atom stereocenters. The molecule has 0 aliphatic heterocycles. The van der Waals surface area contributed by atoms with Gasteiger partial charge in [0.25, 0.3) is 0 Å².